The van der Waals surface area contributed by atoms with Gasteiger partial charge in [-0.2, -0.15) is 17.0 Å². The van der Waals surface area contributed by atoms with Crippen molar-refractivity contribution >= 4 is 10.2 Å². The van der Waals surface area contributed by atoms with Crippen molar-refractivity contribution in [1.82, 2.24) is 13.9 Å². The third kappa shape index (κ3) is 3.16. The molecule has 16 heavy (non-hydrogen) atoms. The van der Waals surface area contributed by atoms with E-state index in [4.69, 9.17) is 0 Å². The zero-order valence-corrected chi connectivity index (χ0v) is 11.4. The molecule has 0 aliphatic carbocycles. The van der Waals surface area contributed by atoms with Crippen LogP contribution in [0.15, 0.2) is 0 Å². The molecule has 6 heteroatoms. The summed E-state index contributed by atoms with van der Waals surface area (Å²) in [7, 11) is -0.100. The Kier molecular flexibility index (Phi) is 4.73. The summed E-state index contributed by atoms with van der Waals surface area (Å²) in [5.41, 5.74) is 0. The van der Waals surface area contributed by atoms with Crippen LogP contribution in [0.25, 0.3) is 0 Å². The van der Waals surface area contributed by atoms with Crippen molar-refractivity contribution in [3.8, 4) is 0 Å². The summed E-state index contributed by atoms with van der Waals surface area (Å²) in [5, 5.41) is 3.40. The van der Waals surface area contributed by atoms with Crippen molar-refractivity contribution in [3.63, 3.8) is 0 Å². The lowest BCUT2D eigenvalue weighted by molar-refractivity contribution is 0.327. The Morgan fingerprint density at radius 3 is 2.50 bits per heavy atom. The van der Waals surface area contributed by atoms with Gasteiger partial charge in [0.15, 0.2) is 0 Å². The van der Waals surface area contributed by atoms with Crippen molar-refractivity contribution in [3.05, 3.63) is 0 Å². The SMILES string of the molecule is CC(C)C1CN(S(=O)(=O)N(C)C)CCCN1. The van der Waals surface area contributed by atoms with E-state index >= 15 is 0 Å². The first-order chi connectivity index (χ1) is 7.35. The second kappa shape index (κ2) is 5.44. The summed E-state index contributed by atoms with van der Waals surface area (Å²) in [6.45, 7) is 6.30. The van der Waals surface area contributed by atoms with Crippen LogP contribution in [-0.2, 0) is 10.2 Å². The molecular formula is C10H23N3O2S. The molecule has 1 atom stereocenters. The average Bonchev–Trinajstić information content (AvgIpc) is 2.42. The van der Waals surface area contributed by atoms with Gasteiger partial charge in [0.2, 0.25) is 0 Å². The summed E-state index contributed by atoms with van der Waals surface area (Å²) < 4.78 is 26.9. The molecule has 0 spiro atoms. The molecule has 5 nitrogen and oxygen atoms in total. The molecule has 1 heterocycles. The topological polar surface area (TPSA) is 52.7 Å². The van der Waals surface area contributed by atoms with Crippen molar-refractivity contribution in [2.45, 2.75) is 26.3 Å². The van der Waals surface area contributed by atoms with Gasteiger partial charge in [-0.3, -0.25) is 0 Å². The minimum absolute atomic E-state index is 0.247. The van der Waals surface area contributed by atoms with E-state index in [1.165, 1.54) is 4.31 Å². The fourth-order valence-corrected chi connectivity index (χ4v) is 2.98. The van der Waals surface area contributed by atoms with Crippen molar-refractivity contribution in [2.24, 2.45) is 5.92 Å². The van der Waals surface area contributed by atoms with Gasteiger partial charge in [-0.1, -0.05) is 13.8 Å². The van der Waals surface area contributed by atoms with Crippen LogP contribution >= 0.6 is 0 Å². The maximum absolute atomic E-state index is 12.0. The maximum atomic E-state index is 12.0. The maximum Gasteiger partial charge on any atom is 0.281 e. The molecule has 1 aliphatic heterocycles. The van der Waals surface area contributed by atoms with Gasteiger partial charge in [0.25, 0.3) is 10.2 Å². The normalized spacial score (nSPS) is 25.0. The number of nitrogens with one attached hydrogen (secondary N) is 1. The highest BCUT2D eigenvalue weighted by molar-refractivity contribution is 7.86. The van der Waals surface area contributed by atoms with Crippen LogP contribution in [0, 0.1) is 5.92 Å². The van der Waals surface area contributed by atoms with E-state index in [0.29, 0.717) is 19.0 Å². The molecule has 1 fully saturated rings. The molecule has 0 radical (unpaired) electrons. The predicted molar refractivity (Wildman–Crippen MR) is 65.4 cm³/mol. The zero-order valence-electron chi connectivity index (χ0n) is 10.6. The van der Waals surface area contributed by atoms with Crippen molar-refractivity contribution in [2.75, 3.05) is 33.7 Å². The fourth-order valence-electron chi connectivity index (χ4n) is 1.81. The molecule has 1 unspecified atom stereocenters. The molecule has 0 bridgehead atoms. The molecule has 0 saturated carbocycles. The van der Waals surface area contributed by atoms with Crippen LogP contribution in [-0.4, -0.2) is 56.8 Å². The Morgan fingerprint density at radius 2 is 2.00 bits per heavy atom. The largest absolute Gasteiger partial charge is 0.312 e. The van der Waals surface area contributed by atoms with Crippen molar-refractivity contribution < 1.29 is 8.42 Å². The highest BCUT2D eigenvalue weighted by Crippen LogP contribution is 2.13. The van der Waals surface area contributed by atoms with Gasteiger partial charge < -0.3 is 5.32 Å². The Balaban J connectivity index is 2.80. The highest BCUT2D eigenvalue weighted by Gasteiger charge is 2.29. The first kappa shape index (κ1) is 13.9. The average molecular weight is 249 g/mol. The molecule has 1 N–H and O–H groups in total. The summed E-state index contributed by atoms with van der Waals surface area (Å²) >= 11 is 0. The van der Waals surface area contributed by atoms with Gasteiger partial charge >= 0.3 is 0 Å². The molecule has 1 saturated heterocycles. The lowest BCUT2D eigenvalue weighted by Crippen LogP contribution is -2.46. The molecule has 0 amide bonds. The minimum atomic E-state index is -3.26. The van der Waals surface area contributed by atoms with Gasteiger partial charge in [0, 0.05) is 33.2 Å². The Hall–Kier alpha value is -0.170. The standard InChI is InChI=1S/C10H23N3O2S/c1-9(2)10-8-13(7-5-6-11-10)16(14,15)12(3)4/h9-11H,5-8H2,1-4H3. The minimum Gasteiger partial charge on any atom is -0.312 e. The highest BCUT2D eigenvalue weighted by atomic mass is 32.2. The fraction of sp³-hybridized carbons (Fsp3) is 1.00. The first-order valence-corrected chi connectivity index (χ1v) is 7.16. The molecule has 1 aliphatic rings. The van der Waals surface area contributed by atoms with Gasteiger partial charge in [0.05, 0.1) is 0 Å². The van der Waals surface area contributed by atoms with Crippen molar-refractivity contribution in [1.29, 1.82) is 0 Å². The second-order valence-electron chi connectivity index (χ2n) is 4.81. The number of hydrogen-bond donors (Lipinski definition) is 1. The molecular weight excluding hydrogens is 226 g/mol. The molecule has 1 rings (SSSR count). The van der Waals surface area contributed by atoms with E-state index in [9.17, 15) is 8.42 Å². The zero-order chi connectivity index (χ0) is 12.3. The Labute approximate surface area is 99.0 Å². The van der Waals surface area contributed by atoms with Gasteiger partial charge in [0.1, 0.15) is 0 Å². The lowest BCUT2D eigenvalue weighted by Gasteiger charge is -2.28. The van der Waals surface area contributed by atoms with Gasteiger partial charge in [-0.05, 0) is 18.9 Å². The predicted octanol–water partition coefficient (Wildman–Crippen LogP) is 0.113. The lowest BCUT2D eigenvalue weighted by atomic mass is 10.1. The number of rotatable bonds is 3. The van der Waals surface area contributed by atoms with E-state index in [1.807, 2.05) is 0 Å². The monoisotopic (exact) mass is 249 g/mol. The third-order valence-electron chi connectivity index (χ3n) is 2.98. The number of hydrogen-bond acceptors (Lipinski definition) is 3. The summed E-state index contributed by atoms with van der Waals surface area (Å²) in [5.74, 6) is 0.443. The summed E-state index contributed by atoms with van der Waals surface area (Å²) in [6, 6.07) is 0.247. The van der Waals surface area contributed by atoms with Crippen LogP contribution < -0.4 is 5.32 Å². The van der Waals surface area contributed by atoms with E-state index in [0.717, 1.165) is 13.0 Å². The first-order valence-electron chi connectivity index (χ1n) is 5.76. The van der Waals surface area contributed by atoms with Crippen LogP contribution in [0.1, 0.15) is 20.3 Å². The van der Waals surface area contributed by atoms with E-state index in [-0.39, 0.29) is 6.04 Å². The third-order valence-corrected chi connectivity index (χ3v) is 4.89. The van der Waals surface area contributed by atoms with Crippen LogP contribution in [0.4, 0.5) is 0 Å². The summed E-state index contributed by atoms with van der Waals surface area (Å²) in [4.78, 5) is 0. The van der Waals surface area contributed by atoms with E-state index < -0.39 is 10.2 Å². The summed E-state index contributed by atoms with van der Waals surface area (Å²) in [6.07, 6.45) is 0.871. The smallest absolute Gasteiger partial charge is 0.281 e. The quantitative estimate of drug-likeness (QED) is 0.772. The van der Waals surface area contributed by atoms with E-state index in [2.05, 4.69) is 19.2 Å². The molecule has 0 aromatic heterocycles. The molecule has 0 aromatic carbocycles. The molecule has 0 aromatic rings. The van der Waals surface area contributed by atoms with Gasteiger partial charge in [-0.15, -0.1) is 0 Å². The number of nitrogens with zero attached hydrogens (tertiary/aromatic N) is 2. The van der Waals surface area contributed by atoms with Crippen LogP contribution in [0.3, 0.4) is 0 Å². The Morgan fingerprint density at radius 1 is 1.38 bits per heavy atom. The second-order valence-corrected chi connectivity index (χ2v) is 6.95. The van der Waals surface area contributed by atoms with Crippen LogP contribution in [0.5, 0.6) is 0 Å². The molecule has 96 valence electrons. The Bertz CT molecular complexity index is 314. The van der Waals surface area contributed by atoms with E-state index in [1.54, 1.807) is 18.4 Å². The van der Waals surface area contributed by atoms with Crippen LogP contribution in [0.2, 0.25) is 0 Å². The van der Waals surface area contributed by atoms with Gasteiger partial charge in [-0.25, -0.2) is 0 Å².